The molecule has 8 heteroatoms. The Bertz CT molecular complexity index is 414. The lowest BCUT2D eigenvalue weighted by Crippen LogP contribution is -2.27. The molecule has 0 aromatic carbocycles. The summed E-state index contributed by atoms with van der Waals surface area (Å²) in [5.41, 5.74) is 0. The Balaban J connectivity index is 0. The molecule has 0 bridgehead atoms. The second kappa shape index (κ2) is 12.4. The summed E-state index contributed by atoms with van der Waals surface area (Å²) in [6.45, 7) is 5.73. The molecule has 0 atom stereocenters. The first-order valence-corrected chi connectivity index (χ1v) is 10.0. The molecule has 21 heavy (non-hydrogen) atoms. The highest BCUT2D eigenvalue weighted by Gasteiger charge is 2.42. The molecule has 0 aromatic heterocycles. The maximum Gasteiger partial charge on any atom is 0.331 e. The smallest absolute Gasteiger partial charge is 0.331 e. The highest BCUT2D eigenvalue weighted by atomic mass is 32.2. The summed E-state index contributed by atoms with van der Waals surface area (Å²) in [6.07, 6.45) is 5.07. The molecule has 3 N–H and O–H groups in total. The first kappa shape index (κ1) is 23.1. The average molecular weight is 344 g/mol. The van der Waals surface area contributed by atoms with Gasteiger partial charge in [-0.1, -0.05) is 40.0 Å². The van der Waals surface area contributed by atoms with E-state index in [1.807, 2.05) is 13.8 Å². The van der Waals surface area contributed by atoms with Crippen molar-refractivity contribution in [2.24, 2.45) is 0 Å². The molecule has 0 saturated carbocycles. The van der Waals surface area contributed by atoms with Crippen molar-refractivity contribution in [1.29, 1.82) is 0 Å². The van der Waals surface area contributed by atoms with E-state index in [9.17, 15) is 22.8 Å². The third-order valence-corrected chi connectivity index (χ3v) is 6.16. The first-order chi connectivity index (χ1) is 9.70. The van der Waals surface area contributed by atoms with Gasteiger partial charge >= 0.3 is 7.60 Å². The van der Waals surface area contributed by atoms with Crippen LogP contribution in [0, 0.1) is 0 Å². The van der Waals surface area contributed by atoms with Gasteiger partial charge in [0, 0.05) is 18.4 Å². The Morgan fingerprint density at radius 2 is 1.62 bits per heavy atom. The van der Waals surface area contributed by atoms with Gasteiger partial charge in [0.2, 0.25) is 10.3 Å². The van der Waals surface area contributed by atoms with Gasteiger partial charge in [0.15, 0.2) is 0 Å². The van der Waals surface area contributed by atoms with Crippen LogP contribution in [-0.2, 0) is 14.9 Å². The number of unbranched alkanes of at least 4 members (excludes halogenated alkanes) is 2. The molecule has 0 unspecified atom stereocenters. The van der Waals surface area contributed by atoms with Crippen LogP contribution in [0.1, 0.15) is 65.7 Å². The minimum atomic E-state index is -3.95. The van der Waals surface area contributed by atoms with Gasteiger partial charge in [-0.15, -0.1) is 0 Å². The minimum Gasteiger partial charge on any atom is -0.396 e. The monoisotopic (exact) mass is 344 g/mol. The SMILES string of the molecule is CCCCCC(CC)(CC)P(=O)(O)O.O=S(=O)=CCCO. The van der Waals surface area contributed by atoms with E-state index in [1.165, 1.54) is 0 Å². The fourth-order valence-electron chi connectivity index (χ4n) is 2.01. The van der Waals surface area contributed by atoms with Gasteiger partial charge in [-0.05, 0) is 19.3 Å². The Kier molecular flexibility index (Phi) is 13.6. The van der Waals surface area contributed by atoms with Crippen LogP contribution in [0.2, 0.25) is 0 Å². The van der Waals surface area contributed by atoms with Crippen LogP contribution >= 0.6 is 7.60 Å². The van der Waals surface area contributed by atoms with Gasteiger partial charge < -0.3 is 14.9 Å². The highest BCUT2D eigenvalue weighted by molar-refractivity contribution is 7.71. The van der Waals surface area contributed by atoms with Crippen molar-refractivity contribution in [3.8, 4) is 0 Å². The Labute approximate surface area is 129 Å². The van der Waals surface area contributed by atoms with Crippen LogP contribution in [0.25, 0.3) is 0 Å². The summed E-state index contributed by atoms with van der Waals surface area (Å²) in [4.78, 5) is 18.7. The van der Waals surface area contributed by atoms with E-state index in [0.717, 1.165) is 24.6 Å². The van der Waals surface area contributed by atoms with Gasteiger partial charge in [-0.25, -0.2) is 0 Å². The zero-order chi connectivity index (χ0) is 16.9. The van der Waals surface area contributed by atoms with E-state index >= 15 is 0 Å². The lowest BCUT2D eigenvalue weighted by atomic mass is 9.95. The van der Waals surface area contributed by atoms with E-state index in [4.69, 9.17) is 5.11 Å². The molecule has 0 aromatic rings. The minimum absolute atomic E-state index is 0.103. The van der Waals surface area contributed by atoms with E-state index in [-0.39, 0.29) is 13.0 Å². The predicted octanol–water partition coefficient (Wildman–Crippen LogP) is 2.35. The third kappa shape index (κ3) is 10.2. The molecule has 0 rings (SSSR count). The third-order valence-electron chi connectivity index (χ3n) is 3.56. The van der Waals surface area contributed by atoms with Crippen LogP contribution in [0.4, 0.5) is 0 Å². The zero-order valence-corrected chi connectivity index (χ0v) is 14.9. The summed E-state index contributed by atoms with van der Waals surface area (Å²) in [6, 6.07) is 0. The highest BCUT2D eigenvalue weighted by Crippen LogP contribution is 2.56. The van der Waals surface area contributed by atoms with Crippen LogP contribution in [0.5, 0.6) is 0 Å². The van der Waals surface area contributed by atoms with E-state index < -0.39 is 23.0 Å². The topological polar surface area (TPSA) is 112 Å². The van der Waals surface area contributed by atoms with Crippen LogP contribution in [0.3, 0.4) is 0 Å². The van der Waals surface area contributed by atoms with Crippen LogP contribution in [0.15, 0.2) is 0 Å². The Hall–Kier alpha value is -0.200. The fourth-order valence-corrected chi connectivity index (χ4v) is 3.59. The second-order valence-electron chi connectivity index (χ2n) is 4.87. The quantitative estimate of drug-likeness (QED) is 0.336. The van der Waals surface area contributed by atoms with Gasteiger partial charge in [0.1, 0.15) is 0 Å². The largest absolute Gasteiger partial charge is 0.396 e. The predicted molar refractivity (Wildman–Crippen MR) is 86.2 cm³/mol. The van der Waals surface area contributed by atoms with Gasteiger partial charge in [-0.3, -0.25) is 4.57 Å². The molecule has 0 spiro atoms. The van der Waals surface area contributed by atoms with Crippen molar-refractivity contribution in [3.63, 3.8) is 0 Å². The zero-order valence-electron chi connectivity index (χ0n) is 13.2. The molecule has 0 aliphatic rings. The van der Waals surface area contributed by atoms with Crippen LogP contribution in [-0.4, -0.2) is 40.4 Å². The molecule has 0 saturated heterocycles. The maximum absolute atomic E-state index is 11.4. The van der Waals surface area contributed by atoms with Crippen molar-refractivity contribution in [3.05, 3.63) is 0 Å². The summed E-state index contributed by atoms with van der Waals surface area (Å²) >= 11 is 0. The molecule has 128 valence electrons. The summed E-state index contributed by atoms with van der Waals surface area (Å²) in [7, 11) is -6.05. The average Bonchev–Trinajstić information content (AvgIpc) is 2.41. The first-order valence-electron chi connectivity index (χ1n) is 7.28. The van der Waals surface area contributed by atoms with E-state index in [2.05, 4.69) is 6.92 Å². The van der Waals surface area contributed by atoms with Gasteiger partial charge in [0.05, 0.1) is 5.16 Å². The van der Waals surface area contributed by atoms with Gasteiger partial charge in [0.25, 0.3) is 0 Å². The standard InChI is InChI=1S/C10H23O3P.C3H6O3S/c1-4-7-8-9-10(5-2,6-3)14(11,12)13;4-2-1-3-7(5)6/h4-9H2,1-3H3,(H2,11,12,13);3-4H,1-2H2. The normalized spacial score (nSPS) is 11.5. The molecule has 0 heterocycles. The molecular weight excluding hydrogens is 315 g/mol. The summed E-state index contributed by atoms with van der Waals surface area (Å²) in [5.74, 6) is 0. The molecule has 0 amide bonds. The number of aliphatic hydroxyl groups excluding tert-OH is 1. The summed E-state index contributed by atoms with van der Waals surface area (Å²) < 4.78 is 30.6. The lowest BCUT2D eigenvalue weighted by molar-refractivity contribution is 0.300. The van der Waals surface area contributed by atoms with E-state index in [0.29, 0.717) is 19.3 Å². The van der Waals surface area contributed by atoms with Crippen molar-refractivity contribution in [1.82, 2.24) is 0 Å². The Morgan fingerprint density at radius 1 is 1.10 bits per heavy atom. The molecule has 0 aliphatic heterocycles. The fraction of sp³-hybridized carbons (Fsp3) is 0.923. The van der Waals surface area contributed by atoms with Crippen molar-refractivity contribution in [2.75, 3.05) is 6.61 Å². The van der Waals surface area contributed by atoms with Gasteiger partial charge in [-0.2, -0.15) is 8.42 Å². The number of rotatable bonds is 9. The summed E-state index contributed by atoms with van der Waals surface area (Å²) in [5, 5.41) is 8.26. The van der Waals surface area contributed by atoms with Crippen molar-refractivity contribution < 1.29 is 27.9 Å². The molecule has 0 aliphatic carbocycles. The van der Waals surface area contributed by atoms with E-state index in [1.54, 1.807) is 0 Å². The second-order valence-corrected chi connectivity index (χ2v) is 7.76. The van der Waals surface area contributed by atoms with Crippen molar-refractivity contribution >= 4 is 23.3 Å². The number of hydrogen-bond acceptors (Lipinski definition) is 4. The van der Waals surface area contributed by atoms with Crippen LogP contribution < -0.4 is 0 Å². The lowest BCUT2D eigenvalue weighted by Gasteiger charge is -2.32. The molecule has 0 fully saturated rings. The number of hydrogen-bond donors (Lipinski definition) is 3. The molecular formula is C13H29O6PS. The number of aliphatic hydroxyl groups is 1. The molecule has 6 nitrogen and oxygen atoms in total. The maximum atomic E-state index is 11.4. The van der Waals surface area contributed by atoms with Crippen molar-refractivity contribution in [2.45, 2.75) is 70.9 Å². The molecule has 0 radical (unpaired) electrons. The Morgan fingerprint density at radius 3 is 1.86 bits per heavy atom.